The maximum Gasteiger partial charge on any atom is 0.447 e. The average molecular weight is 364 g/mol. The second-order valence-electron chi connectivity index (χ2n) is 5.64. The fourth-order valence-electron chi connectivity index (χ4n) is 2.68. The number of halogens is 4. The molecule has 1 aliphatic heterocycles. The lowest BCUT2D eigenvalue weighted by molar-refractivity contribution is -0.0329. The molecule has 2 atom stereocenters. The van der Waals surface area contributed by atoms with Crippen LogP contribution in [-0.2, 0) is 0 Å². The minimum Gasteiger partial charge on any atom is -0.381 e. The van der Waals surface area contributed by atoms with E-state index in [1.165, 1.54) is 16.8 Å². The summed E-state index contributed by atoms with van der Waals surface area (Å²) in [6, 6.07) is -0.475. The number of hydrogen-bond donors (Lipinski definition) is 2. The Morgan fingerprint density at radius 2 is 2.17 bits per heavy atom. The van der Waals surface area contributed by atoms with Gasteiger partial charge in [0.05, 0.1) is 6.04 Å². The van der Waals surface area contributed by atoms with Gasteiger partial charge >= 0.3 is 5.51 Å². The summed E-state index contributed by atoms with van der Waals surface area (Å²) in [6.45, 7) is 1.000. The molecule has 11 heteroatoms. The Bertz CT molecular complexity index is 733. The molecule has 0 aromatic carbocycles. The Hall–Kier alpha value is -1.75. The molecule has 3 heterocycles. The van der Waals surface area contributed by atoms with Crippen molar-refractivity contribution in [1.29, 1.82) is 0 Å². The van der Waals surface area contributed by atoms with Crippen LogP contribution >= 0.6 is 11.8 Å². The number of nitrogens with zero attached hydrogens (tertiary/aromatic N) is 4. The lowest BCUT2D eigenvalue weighted by Crippen LogP contribution is -2.46. The fourth-order valence-corrected chi connectivity index (χ4v) is 3.30. The molecule has 0 aliphatic carbocycles. The summed E-state index contributed by atoms with van der Waals surface area (Å²) < 4.78 is 53.4. The molecule has 1 saturated heterocycles. The van der Waals surface area contributed by atoms with Crippen LogP contribution in [0.15, 0.2) is 17.4 Å². The van der Waals surface area contributed by atoms with E-state index in [1.54, 1.807) is 0 Å². The van der Waals surface area contributed by atoms with Gasteiger partial charge in [-0.2, -0.15) is 13.2 Å². The average Bonchev–Trinajstić information content (AvgIpc) is 2.78. The summed E-state index contributed by atoms with van der Waals surface area (Å²) in [5.74, 6) is -0.0241. The number of rotatable bonds is 3. The van der Waals surface area contributed by atoms with E-state index < -0.39 is 17.7 Å². The Morgan fingerprint density at radius 3 is 2.83 bits per heavy atom. The fraction of sp³-hybridized carbons (Fsp3) is 0.538. The lowest BCUT2D eigenvalue weighted by atomic mass is 10.0. The number of aromatic nitrogens is 3. The van der Waals surface area contributed by atoms with Crippen molar-refractivity contribution in [2.45, 2.75) is 29.2 Å². The maximum atomic E-state index is 14.2. The van der Waals surface area contributed by atoms with Crippen molar-refractivity contribution in [3.8, 4) is 0 Å². The normalized spacial score (nSPS) is 22.9. The number of hydrogen-bond acceptors (Lipinski definition) is 6. The summed E-state index contributed by atoms with van der Waals surface area (Å²) in [4.78, 5) is 9.93. The van der Waals surface area contributed by atoms with E-state index in [-0.39, 0.29) is 40.6 Å². The van der Waals surface area contributed by atoms with Gasteiger partial charge in [0, 0.05) is 37.2 Å². The Balaban J connectivity index is 1.91. The smallest absolute Gasteiger partial charge is 0.381 e. The predicted octanol–water partition coefficient (Wildman–Crippen LogP) is 2.38. The maximum absolute atomic E-state index is 14.2. The zero-order chi connectivity index (χ0) is 17.5. The van der Waals surface area contributed by atoms with Gasteiger partial charge in [-0.15, -0.1) is 0 Å². The van der Waals surface area contributed by atoms with Gasteiger partial charge in [0.2, 0.25) is 0 Å². The second-order valence-corrected chi connectivity index (χ2v) is 6.69. The van der Waals surface area contributed by atoms with Crippen LogP contribution in [0.2, 0.25) is 0 Å². The van der Waals surface area contributed by atoms with Gasteiger partial charge in [0.1, 0.15) is 11.2 Å². The molecule has 0 bridgehead atoms. The van der Waals surface area contributed by atoms with Gasteiger partial charge in [-0.1, -0.05) is 0 Å². The molecule has 0 spiro atoms. The predicted molar refractivity (Wildman–Crippen MR) is 83.7 cm³/mol. The number of nitrogens with two attached hydrogens (primary N) is 1. The Morgan fingerprint density at radius 1 is 1.42 bits per heavy atom. The molecule has 1 aliphatic rings. The van der Waals surface area contributed by atoms with Crippen LogP contribution in [0.4, 0.5) is 29.2 Å². The van der Waals surface area contributed by atoms with Crippen molar-refractivity contribution < 1.29 is 17.6 Å². The van der Waals surface area contributed by atoms with E-state index in [2.05, 4.69) is 15.3 Å². The van der Waals surface area contributed by atoms with E-state index in [4.69, 9.17) is 5.73 Å². The van der Waals surface area contributed by atoms with Crippen LogP contribution in [0.5, 0.6) is 0 Å². The van der Waals surface area contributed by atoms with Crippen LogP contribution in [-0.4, -0.2) is 57.1 Å². The standard InChI is InChI=1S/C13H16F4N6S/c1-22-4-2-8(7(14)6-22)20-10-11-21-9(18)12(24-13(15,16)17)23(11)5-3-19-10/h3,5,7-8H,2,4,6,18H2,1H3,(H,19,20)/t7-,8+/m0/s1. The van der Waals surface area contributed by atoms with Crippen molar-refractivity contribution in [2.75, 3.05) is 31.2 Å². The van der Waals surface area contributed by atoms with Crippen molar-refractivity contribution in [1.82, 2.24) is 19.3 Å². The van der Waals surface area contributed by atoms with E-state index in [1.807, 2.05) is 11.9 Å². The first-order valence-electron chi connectivity index (χ1n) is 7.22. The Kier molecular flexibility index (Phi) is 4.47. The number of piperidine rings is 1. The zero-order valence-electron chi connectivity index (χ0n) is 12.7. The molecule has 132 valence electrons. The molecule has 2 aromatic rings. The van der Waals surface area contributed by atoms with Crippen LogP contribution in [0.25, 0.3) is 5.65 Å². The first-order valence-corrected chi connectivity index (χ1v) is 8.03. The molecule has 0 unspecified atom stereocenters. The van der Waals surface area contributed by atoms with Crippen molar-refractivity contribution in [3.05, 3.63) is 12.4 Å². The molecule has 0 amide bonds. The van der Waals surface area contributed by atoms with Crippen LogP contribution in [0.3, 0.4) is 0 Å². The largest absolute Gasteiger partial charge is 0.447 e. The molecule has 3 N–H and O–H groups in total. The van der Waals surface area contributed by atoms with Gasteiger partial charge in [-0.05, 0) is 13.5 Å². The van der Waals surface area contributed by atoms with Crippen LogP contribution < -0.4 is 11.1 Å². The molecule has 1 fully saturated rings. The number of nitrogens with one attached hydrogen (secondary N) is 1. The van der Waals surface area contributed by atoms with Crippen LogP contribution in [0.1, 0.15) is 6.42 Å². The zero-order valence-corrected chi connectivity index (χ0v) is 13.5. The monoisotopic (exact) mass is 364 g/mol. The third-order valence-electron chi connectivity index (χ3n) is 3.80. The highest BCUT2D eigenvalue weighted by Crippen LogP contribution is 2.40. The third kappa shape index (κ3) is 3.51. The summed E-state index contributed by atoms with van der Waals surface area (Å²) in [6.07, 6.45) is 2.13. The summed E-state index contributed by atoms with van der Waals surface area (Å²) in [5.41, 5.74) is 1.28. The topological polar surface area (TPSA) is 71.5 Å². The lowest BCUT2D eigenvalue weighted by Gasteiger charge is -2.32. The van der Waals surface area contributed by atoms with E-state index in [0.29, 0.717) is 13.0 Å². The van der Waals surface area contributed by atoms with Gasteiger partial charge in [-0.25, -0.2) is 14.4 Å². The Labute approximate surface area is 139 Å². The van der Waals surface area contributed by atoms with Crippen molar-refractivity contribution in [2.24, 2.45) is 0 Å². The first kappa shape index (κ1) is 17.1. The number of alkyl halides is 4. The molecule has 6 nitrogen and oxygen atoms in total. The number of fused-ring (bicyclic) bond motifs is 1. The number of likely N-dealkylation sites (tertiary alicyclic amines) is 1. The van der Waals surface area contributed by atoms with Gasteiger partial charge in [0.15, 0.2) is 17.3 Å². The van der Waals surface area contributed by atoms with Crippen molar-refractivity contribution in [3.63, 3.8) is 0 Å². The van der Waals surface area contributed by atoms with Gasteiger partial charge < -0.3 is 16.0 Å². The third-order valence-corrected chi connectivity index (χ3v) is 4.63. The molecule has 2 aromatic heterocycles. The summed E-state index contributed by atoms with van der Waals surface area (Å²) in [7, 11) is 1.83. The highest BCUT2D eigenvalue weighted by molar-refractivity contribution is 8.00. The van der Waals surface area contributed by atoms with E-state index in [9.17, 15) is 17.6 Å². The molecular formula is C13H16F4N6S. The molecule has 0 radical (unpaired) electrons. The first-order chi connectivity index (χ1) is 11.2. The summed E-state index contributed by atoms with van der Waals surface area (Å²) >= 11 is -0.342. The summed E-state index contributed by atoms with van der Waals surface area (Å²) in [5, 5.41) is 2.72. The highest BCUT2D eigenvalue weighted by atomic mass is 32.2. The van der Waals surface area contributed by atoms with Crippen LogP contribution in [0, 0.1) is 0 Å². The number of nitrogen functional groups attached to an aromatic ring is 1. The molecule has 3 rings (SSSR count). The SMILES string of the molecule is CN1CC[C@@H](Nc2nccn3c(SC(F)(F)F)c(N)nc23)[C@@H](F)C1. The minimum atomic E-state index is -4.49. The molecule has 24 heavy (non-hydrogen) atoms. The van der Waals surface area contributed by atoms with Gasteiger partial charge in [0.25, 0.3) is 0 Å². The molecule has 0 saturated carbocycles. The quantitative estimate of drug-likeness (QED) is 0.644. The number of anilines is 2. The number of imidazole rings is 1. The van der Waals surface area contributed by atoms with Crippen molar-refractivity contribution >= 4 is 29.0 Å². The second kappa shape index (κ2) is 6.28. The highest BCUT2D eigenvalue weighted by Gasteiger charge is 2.33. The number of thioether (sulfide) groups is 1. The molecular weight excluding hydrogens is 348 g/mol. The van der Waals surface area contributed by atoms with Gasteiger partial charge in [-0.3, -0.25) is 4.40 Å². The van der Waals surface area contributed by atoms with E-state index >= 15 is 0 Å². The van der Waals surface area contributed by atoms with E-state index in [0.717, 1.165) is 0 Å². The minimum absolute atomic E-state index is 0.146.